The molecular weight excluding hydrogens is 260 g/mol. The summed E-state index contributed by atoms with van der Waals surface area (Å²) in [4.78, 5) is 2.48. The van der Waals surface area contributed by atoms with Gasteiger partial charge in [-0.2, -0.15) is 0 Å². The summed E-state index contributed by atoms with van der Waals surface area (Å²) in [5.74, 6) is 1.11. The van der Waals surface area contributed by atoms with Crippen LogP contribution in [-0.4, -0.2) is 56.0 Å². The summed E-state index contributed by atoms with van der Waals surface area (Å²) in [7, 11) is -2.84. The van der Waals surface area contributed by atoms with Gasteiger partial charge in [-0.15, -0.1) is 0 Å². The first-order valence-electron chi connectivity index (χ1n) is 7.30. The van der Waals surface area contributed by atoms with Crippen LogP contribution in [-0.2, 0) is 9.84 Å². The molecule has 0 aromatic carbocycles. The van der Waals surface area contributed by atoms with Crippen molar-refractivity contribution < 1.29 is 8.42 Å². The van der Waals surface area contributed by atoms with Gasteiger partial charge in [0.2, 0.25) is 0 Å². The number of hydrogen-bond acceptors (Lipinski definition) is 4. The normalized spacial score (nSPS) is 32.4. The molecule has 1 atom stereocenters. The first-order chi connectivity index (χ1) is 8.62. The summed E-state index contributed by atoms with van der Waals surface area (Å²) >= 11 is 0. The van der Waals surface area contributed by atoms with Gasteiger partial charge in [-0.3, -0.25) is 4.90 Å². The van der Waals surface area contributed by atoms with Crippen molar-refractivity contribution >= 4 is 9.84 Å². The van der Waals surface area contributed by atoms with E-state index in [0.717, 1.165) is 32.0 Å². The molecule has 1 N–H and O–H groups in total. The van der Waals surface area contributed by atoms with E-state index in [-0.39, 0.29) is 11.1 Å². The van der Waals surface area contributed by atoms with Gasteiger partial charge in [0.1, 0.15) is 9.84 Å². The van der Waals surface area contributed by atoms with Crippen LogP contribution >= 0.6 is 0 Å². The first kappa shape index (κ1) is 15.3. The lowest BCUT2D eigenvalue weighted by molar-refractivity contribution is 0.0247. The Balaban J connectivity index is 1.94. The zero-order valence-corrected chi connectivity index (χ0v) is 13.5. The molecule has 0 aromatic heterocycles. The van der Waals surface area contributed by atoms with Crippen LogP contribution in [0.5, 0.6) is 0 Å². The van der Waals surface area contributed by atoms with E-state index in [2.05, 4.69) is 31.0 Å². The molecule has 1 unspecified atom stereocenters. The molecule has 112 valence electrons. The summed E-state index contributed by atoms with van der Waals surface area (Å²) in [6.07, 6.45) is 4.73. The third kappa shape index (κ3) is 3.92. The quantitative estimate of drug-likeness (QED) is 0.828. The molecule has 1 saturated heterocycles. The van der Waals surface area contributed by atoms with E-state index in [1.807, 2.05) is 0 Å². The Morgan fingerprint density at radius 1 is 1.26 bits per heavy atom. The Labute approximate surface area is 117 Å². The lowest BCUT2D eigenvalue weighted by Crippen LogP contribution is -2.68. The van der Waals surface area contributed by atoms with Crippen molar-refractivity contribution in [3.63, 3.8) is 0 Å². The number of sulfone groups is 1. The van der Waals surface area contributed by atoms with E-state index in [9.17, 15) is 8.42 Å². The molecule has 0 bridgehead atoms. The van der Waals surface area contributed by atoms with Gasteiger partial charge in [-0.05, 0) is 52.5 Å². The second kappa shape index (κ2) is 5.01. The van der Waals surface area contributed by atoms with E-state index >= 15 is 0 Å². The van der Waals surface area contributed by atoms with Crippen LogP contribution in [0.3, 0.4) is 0 Å². The van der Waals surface area contributed by atoms with E-state index in [1.165, 1.54) is 19.1 Å². The van der Waals surface area contributed by atoms with Crippen LogP contribution in [0, 0.1) is 5.92 Å². The molecular formula is C14H28N2O2S. The van der Waals surface area contributed by atoms with Crippen molar-refractivity contribution in [2.24, 2.45) is 5.92 Å². The van der Waals surface area contributed by atoms with E-state index < -0.39 is 9.84 Å². The van der Waals surface area contributed by atoms with Gasteiger partial charge >= 0.3 is 0 Å². The maximum atomic E-state index is 11.2. The highest BCUT2D eigenvalue weighted by atomic mass is 32.2. The van der Waals surface area contributed by atoms with Crippen molar-refractivity contribution in [2.75, 3.05) is 31.6 Å². The minimum Gasteiger partial charge on any atom is -0.308 e. The molecule has 1 aliphatic carbocycles. The van der Waals surface area contributed by atoms with Crippen LogP contribution in [0.4, 0.5) is 0 Å². The molecule has 0 spiro atoms. The van der Waals surface area contributed by atoms with Gasteiger partial charge < -0.3 is 5.32 Å². The average molecular weight is 288 g/mol. The average Bonchev–Trinajstić information content (AvgIpc) is 3.06. The molecule has 1 heterocycles. The second-order valence-corrected chi connectivity index (χ2v) is 9.52. The number of piperazine rings is 1. The predicted octanol–water partition coefficient (Wildman–Crippen LogP) is 1.27. The minimum absolute atomic E-state index is 0.117. The lowest BCUT2D eigenvalue weighted by Gasteiger charge is -2.51. The number of nitrogens with one attached hydrogen (secondary N) is 1. The molecule has 19 heavy (non-hydrogen) atoms. The molecule has 2 rings (SSSR count). The largest absolute Gasteiger partial charge is 0.308 e. The van der Waals surface area contributed by atoms with Gasteiger partial charge in [0.25, 0.3) is 0 Å². The van der Waals surface area contributed by atoms with Gasteiger partial charge in [0.15, 0.2) is 0 Å². The maximum Gasteiger partial charge on any atom is 0.147 e. The molecule has 1 saturated carbocycles. The number of nitrogens with zero attached hydrogens (tertiary/aromatic N) is 1. The van der Waals surface area contributed by atoms with Crippen LogP contribution < -0.4 is 5.32 Å². The lowest BCUT2D eigenvalue weighted by atomic mass is 9.86. The van der Waals surface area contributed by atoms with Crippen molar-refractivity contribution in [1.82, 2.24) is 10.2 Å². The smallest absolute Gasteiger partial charge is 0.147 e. The zero-order valence-electron chi connectivity index (χ0n) is 12.7. The summed E-state index contributed by atoms with van der Waals surface area (Å²) in [5, 5.41) is 3.72. The Morgan fingerprint density at radius 3 is 2.42 bits per heavy atom. The summed E-state index contributed by atoms with van der Waals surface area (Å²) in [5.41, 5.74) is 0.340. The van der Waals surface area contributed by atoms with Crippen LogP contribution in [0.2, 0.25) is 0 Å². The molecule has 0 amide bonds. The van der Waals surface area contributed by atoms with Gasteiger partial charge in [0, 0.05) is 30.4 Å². The van der Waals surface area contributed by atoms with E-state index in [4.69, 9.17) is 0 Å². The molecule has 0 radical (unpaired) electrons. The van der Waals surface area contributed by atoms with E-state index in [0.29, 0.717) is 5.75 Å². The van der Waals surface area contributed by atoms with Crippen LogP contribution in [0.25, 0.3) is 0 Å². The highest BCUT2D eigenvalue weighted by Crippen LogP contribution is 2.42. The molecule has 0 aromatic rings. The summed E-state index contributed by atoms with van der Waals surface area (Å²) in [6.45, 7) is 9.71. The standard InChI is InChI=1S/C14H28N2O2S/c1-13(2)10-15-14(3,12-6-7-12)11-16(13)8-5-9-19(4,17)18/h12,15H,5-11H2,1-4H3. The third-order valence-electron chi connectivity index (χ3n) is 4.72. The molecule has 5 heteroatoms. The van der Waals surface area contributed by atoms with Crippen molar-refractivity contribution in [3.05, 3.63) is 0 Å². The van der Waals surface area contributed by atoms with Gasteiger partial charge in [-0.1, -0.05) is 0 Å². The minimum atomic E-state index is -2.84. The topological polar surface area (TPSA) is 49.4 Å². The Morgan fingerprint density at radius 2 is 1.89 bits per heavy atom. The molecule has 1 aliphatic heterocycles. The third-order valence-corrected chi connectivity index (χ3v) is 5.75. The highest BCUT2D eigenvalue weighted by Gasteiger charge is 2.47. The van der Waals surface area contributed by atoms with Gasteiger partial charge in [-0.25, -0.2) is 8.42 Å². The SMILES string of the molecule is CC1(C2CC2)CN(CCCS(C)(=O)=O)C(C)(C)CN1. The molecule has 2 fully saturated rings. The van der Waals surface area contributed by atoms with Crippen LogP contribution in [0.1, 0.15) is 40.0 Å². The van der Waals surface area contributed by atoms with Crippen LogP contribution in [0.15, 0.2) is 0 Å². The fourth-order valence-corrected chi connectivity index (χ4v) is 3.74. The Hall–Kier alpha value is -0.130. The van der Waals surface area contributed by atoms with Gasteiger partial charge in [0.05, 0.1) is 5.75 Å². The summed E-state index contributed by atoms with van der Waals surface area (Å²) in [6, 6.07) is 0. The Bertz CT molecular complexity index is 429. The summed E-state index contributed by atoms with van der Waals surface area (Å²) < 4.78 is 22.5. The highest BCUT2D eigenvalue weighted by molar-refractivity contribution is 7.90. The zero-order chi connectivity index (χ0) is 14.3. The monoisotopic (exact) mass is 288 g/mol. The van der Waals surface area contributed by atoms with Crippen molar-refractivity contribution in [2.45, 2.75) is 51.1 Å². The fraction of sp³-hybridized carbons (Fsp3) is 1.00. The first-order valence-corrected chi connectivity index (χ1v) is 9.36. The molecule has 2 aliphatic rings. The predicted molar refractivity (Wildman–Crippen MR) is 79.1 cm³/mol. The number of rotatable bonds is 5. The van der Waals surface area contributed by atoms with E-state index in [1.54, 1.807) is 0 Å². The Kier molecular flexibility index (Phi) is 4.02. The van der Waals surface area contributed by atoms with Crippen molar-refractivity contribution in [1.29, 1.82) is 0 Å². The molecule has 4 nitrogen and oxygen atoms in total. The fourth-order valence-electron chi connectivity index (χ4n) is 3.09. The van der Waals surface area contributed by atoms with Crippen molar-refractivity contribution in [3.8, 4) is 0 Å². The maximum absolute atomic E-state index is 11.2. The number of hydrogen-bond donors (Lipinski definition) is 1. The second-order valence-electron chi connectivity index (χ2n) is 7.26.